The molecule has 180 valence electrons. The van der Waals surface area contributed by atoms with Crippen LogP contribution in [0.2, 0.25) is 0 Å². The third-order valence-corrected chi connectivity index (χ3v) is 7.96. The molecule has 0 aliphatic carbocycles. The van der Waals surface area contributed by atoms with Crippen molar-refractivity contribution in [2.75, 3.05) is 26.7 Å². The third-order valence-electron chi connectivity index (χ3n) is 5.94. The average Bonchev–Trinajstić information content (AvgIpc) is 2.77. The normalized spacial score (nSPS) is 21.9. The summed E-state index contributed by atoms with van der Waals surface area (Å²) in [5, 5.41) is 9.74. The maximum Gasteiger partial charge on any atom is 0.247 e. The second kappa shape index (κ2) is 10.8. The number of aliphatic hydroxyl groups excluding tert-OH is 1. The first-order chi connectivity index (χ1) is 15.7. The van der Waals surface area contributed by atoms with Gasteiger partial charge in [0.1, 0.15) is 22.6 Å². The second-order valence-corrected chi connectivity index (χ2v) is 10.6. The zero-order valence-electron chi connectivity index (χ0n) is 19.6. The van der Waals surface area contributed by atoms with Crippen molar-refractivity contribution in [3.63, 3.8) is 0 Å². The molecule has 0 aromatic heterocycles. The Balaban J connectivity index is 1.97. The molecule has 1 heterocycles. The summed E-state index contributed by atoms with van der Waals surface area (Å²) >= 11 is 0. The first kappa shape index (κ1) is 25.4. The van der Waals surface area contributed by atoms with E-state index in [-0.39, 0.29) is 41.6 Å². The summed E-state index contributed by atoms with van der Waals surface area (Å²) in [6.45, 7) is 6.33. The summed E-state index contributed by atoms with van der Waals surface area (Å²) in [6, 6.07) is 11.1. The van der Waals surface area contributed by atoms with Crippen molar-refractivity contribution < 1.29 is 22.7 Å². The summed E-state index contributed by atoms with van der Waals surface area (Å²) < 4.78 is 48.8. The zero-order chi connectivity index (χ0) is 24.2. The Hall–Kier alpha value is -2.26. The predicted octanol–water partition coefficient (Wildman–Crippen LogP) is 3.76. The molecule has 0 amide bonds. The number of sulfonamides is 1. The quantitative estimate of drug-likeness (QED) is 0.659. The minimum atomic E-state index is -3.86. The van der Waals surface area contributed by atoms with E-state index >= 15 is 0 Å². The Morgan fingerprint density at radius 3 is 2.70 bits per heavy atom. The fourth-order valence-corrected chi connectivity index (χ4v) is 5.87. The molecule has 0 radical (unpaired) electrons. The third kappa shape index (κ3) is 5.81. The highest BCUT2D eigenvalue weighted by Gasteiger charge is 2.38. The lowest BCUT2D eigenvalue weighted by Crippen LogP contribution is -2.49. The van der Waals surface area contributed by atoms with Crippen LogP contribution in [-0.2, 0) is 16.6 Å². The van der Waals surface area contributed by atoms with E-state index in [0.717, 1.165) is 5.56 Å². The fourth-order valence-electron chi connectivity index (χ4n) is 4.05. The summed E-state index contributed by atoms with van der Waals surface area (Å²) in [6.07, 6.45) is 3.42. The fraction of sp³-hybridized carbons (Fsp3) is 0.440. The molecule has 8 heteroatoms. The number of ether oxygens (including phenoxy) is 1. The van der Waals surface area contributed by atoms with Gasteiger partial charge in [0, 0.05) is 37.2 Å². The van der Waals surface area contributed by atoms with Gasteiger partial charge >= 0.3 is 0 Å². The van der Waals surface area contributed by atoms with Crippen LogP contribution in [0, 0.1) is 11.7 Å². The Bertz CT molecular complexity index is 1090. The number of likely N-dealkylation sites (N-methyl/N-ethyl adjacent to an activating group) is 1. The molecular weight excluding hydrogens is 443 g/mol. The Morgan fingerprint density at radius 1 is 1.30 bits per heavy atom. The predicted molar refractivity (Wildman–Crippen MR) is 128 cm³/mol. The number of nitrogens with zero attached hydrogens (tertiary/aromatic N) is 2. The number of aliphatic hydroxyl groups is 1. The van der Waals surface area contributed by atoms with Crippen molar-refractivity contribution in [2.45, 2.75) is 44.4 Å². The first-order valence-corrected chi connectivity index (χ1v) is 12.6. The van der Waals surface area contributed by atoms with E-state index in [1.54, 1.807) is 43.3 Å². The molecule has 2 aromatic carbocycles. The lowest BCUT2D eigenvalue weighted by Gasteiger charge is -2.37. The molecule has 0 fully saturated rings. The molecule has 3 atom stereocenters. The molecule has 1 aliphatic rings. The lowest BCUT2D eigenvalue weighted by atomic mass is 10.0. The number of fused-ring (bicyclic) bond motifs is 1. The van der Waals surface area contributed by atoms with Gasteiger partial charge < -0.3 is 9.84 Å². The van der Waals surface area contributed by atoms with Gasteiger partial charge in [0.25, 0.3) is 0 Å². The highest BCUT2D eigenvalue weighted by Crippen LogP contribution is 2.34. The maximum absolute atomic E-state index is 14.1. The van der Waals surface area contributed by atoms with Crippen LogP contribution in [0.1, 0.15) is 31.9 Å². The van der Waals surface area contributed by atoms with Crippen LogP contribution in [0.15, 0.2) is 53.4 Å². The molecule has 0 saturated carbocycles. The van der Waals surface area contributed by atoms with Crippen molar-refractivity contribution in [1.82, 2.24) is 9.21 Å². The molecule has 1 N–H and O–H groups in total. The number of allylic oxidation sites excluding steroid dienone is 1. The largest absolute Gasteiger partial charge is 0.487 e. The summed E-state index contributed by atoms with van der Waals surface area (Å²) in [5.74, 6) is -0.140. The summed E-state index contributed by atoms with van der Waals surface area (Å²) in [7, 11) is -1.97. The van der Waals surface area contributed by atoms with Gasteiger partial charge in [0.2, 0.25) is 10.0 Å². The molecule has 2 aromatic rings. The van der Waals surface area contributed by atoms with E-state index in [2.05, 4.69) is 0 Å². The highest BCUT2D eigenvalue weighted by molar-refractivity contribution is 7.89. The number of rotatable bonds is 7. The molecular formula is C25H33FN2O4S. The summed E-state index contributed by atoms with van der Waals surface area (Å²) in [4.78, 5) is 2.06. The summed E-state index contributed by atoms with van der Waals surface area (Å²) in [5.41, 5.74) is 1.42. The van der Waals surface area contributed by atoms with E-state index in [4.69, 9.17) is 4.74 Å². The van der Waals surface area contributed by atoms with E-state index in [0.29, 0.717) is 18.7 Å². The minimum absolute atomic E-state index is 0.0877. The average molecular weight is 477 g/mol. The number of hydrogen-bond donors (Lipinski definition) is 1. The molecule has 0 saturated heterocycles. The van der Waals surface area contributed by atoms with Gasteiger partial charge in [0.05, 0.1) is 6.61 Å². The molecule has 0 unspecified atom stereocenters. The van der Waals surface area contributed by atoms with Crippen molar-refractivity contribution in [1.29, 1.82) is 0 Å². The van der Waals surface area contributed by atoms with Gasteiger partial charge in [-0.25, -0.2) is 12.8 Å². The van der Waals surface area contributed by atoms with Crippen LogP contribution < -0.4 is 4.74 Å². The molecule has 6 nitrogen and oxygen atoms in total. The molecule has 1 aliphatic heterocycles. The number of halogens is 1. The van der Waals surface area contributed by atoms with E-state index in [9.17, 15) is 17.9 Å². The first-order valence-electron chi connectivity index (χ1n) is 11.2. The maximum atomic E-state index is 14.1. The monoisotopic (exact) mass is 476 g/mol. The Labute approximate surface area is 196 Å². The highest BCUT2D eigenvalue weighted by atomic mass is 32.2. The van der Waals surface area contributed by atoms with Crippen molar-refractivity contribution in [3.8, 4) is 5.75 Å². The Morgan fingerprint density at radius 2 is 2.03 bits per heavy atom. The van der Waals surface area contributed by atoms with E-state index in [1.165, 1.54) is 10.4 Å². The van der Waals surface area contributed by atoms with Crippen LogP contribution in [0.3, 0.4) is 0 Å². The minimum Gasteiger partial charge on any atom is -0.487 e. The van der Waals surface area contributed by atoms with E-state index in [1.807, 2.05) is 37.9 Å². The van der Waals surface area contributed by atoms with Gasteiger partial charge in [-0.15, -0.1) is 0 Å². The second-order valence-electron chi connectivity index (χ2n) is 8.73. The van der Waals surface area contributed by atoms with Crippen LogP contribution in [0.4, 0.5) is 4.39 Å². The van der Waals surface area contributed by atoms with Crippen LogP contribution in [-0.4, -0.2) is 61.6 Å². The smallest absolute Gasteiger partial charge is 0.247 e. The van der Waals surface area contributed by atoms with E-state index < -0.39 is 16.1 Å². The van der Waals surface area contributed by atoms with Gasteiger partial charge in [-0.3, -0.25) is 4.90 Å². The van der Waals surface area contributed by atoms with Crippen LogP contribution in [0.25, 0.3) is 6.08 Å². The van der Waals surface area contributed by atoms with Crippen LogP contribution in [0.5, 0.6) is 5.75 Å². The van der Waals surface area contributed by atoms with Crippen molar-refractivity contribution in [3.05, 3.63) is 65.5 Å². The molecule has 0 spiro atoms. The zero-order valence-corrected chi connectivity index (χ0v) is 20.4. The van der Waals surface area contributed by atoms with Gasteiger partial charge in [0.15, 0.2) is 0 Å². The Kier molecular flexibility index (Phi) is 8.28. The topological polar surface area (TPSA) is 70.1 Å². The number of benzene rings is 2. The SMILES string of the molecule is C/C=C/c1ccc2c(c1)O[C@@H](CN(C)Cc1ccccc1F)[C@@H](C)CN([C@@H](C)CO)S2(=O)=O. The van der Waals surface area contributed by atoms with Crippen LogP contribution >= 0.6 is 0 Å². The standard InChI is InChI=1S/C25H33FN2O4S/c1-5-8-20-11-12-25-23(13-20)32-24(16-27(4)15-21-9-6-7-10-22(21)26)18(2)14-28(19(3)17-29)33(25,30)31/h5-13,18-19,24,29H,14-17H2,1-4H3/b8-5+/t18-,19-,24-/m0/s1. The molecule has 0 bridgehead atoms. The number of hydrogen-bond acceptors (Lipinski definition) is 5. The van der Waals surface area contributed by atoms with Crippen molar-refractivity contribution >= 4 is 16.1 Å². The lowest BCUT2D eigenvalue weighted by molar-refractivity contribution is 0.0731. The molecule has 3 rings (SSSR count). The van der Waals surface area contributed by atoms with Gasteiger partial charge in [-0.05, 0) is 44.7 Å². The van der Waals surface area contributed by atoms with Gasteiger partial charge in [-0.1, -0.05) is 43.3 Å². The van der Waals surface area contributed by atoms with Crippen molar-refractivity contribution in [2.24, 2.45) is 5.92 Å². The van der Waals surface area contributed by atoms with Gasteiger partial charge in [-0.2, -0.15) is 4.31 Å². The molecule has 33 heavy (non-hydrogen) atoms.